The van der Waals surface area contributed by atoms with Crippen LogP contribution in [0.1, 0.15) is 43.6 Å². The lowest BCUT2D eigenvalue weighted by molar-refractivity contribution is -0.122. The van der Waals surface area contributed by atoms with Crippen LogP contribution in [0.3, 0.4) is 0 Å². The Hall–Kier alpha value is -2.89. The first kappa shape index (κ1) is 19.4. The molecule has 2 aromatic rings. The maximum atomic E-state index is 13.5. The van der Waals surface area contributed by atoms with Gasteiger partial charge in [-0.05, 0) is 48.6 Å². The molecule has 0 spiro atoms. The van der Waals surface area contributed by atoms with Crippen molar-refractivity contribution >= 4 is 23.9 Å². The molecule has 1 aliphatic rings. The number of halogens is 1. The van der Waals surface area contributed by atoms with Crippen molar-refractivity contribution in [3.8, 4) is 0 Å². The van der Waals surface area contributed by atoms with Gasteiger partial charge in [0.15, 0.2) is 0 Å². The lowest BCUT2D eigenvalue weighted by Crippen LogP contribution is -2.20. The van der Waals surface area contributed by atoms with Crippen molar-refractivity contribution in [2.24, 2.45) is 0 Å². The quantitative estimate of drug-likeness (QED) is 0.658. The summed E-state index contributed by atoms with van der Waals surface area (Å²) in [4.78, 5) is 20.3. The molecule has 0 heterocycles. The van der Waals surface area contributed by atoms with Gasteiger partial charge >= 0.3 is 6.03 Å². The maximum absolute atomic E-state index is 13.5. The Balaban J connectivity index is 0.000000758. The Morgan fingerprint density at radius 3 is 2.23 bits per heavy atom. The van der Waals surface area contributed by atoms with E-state index in [9.17, 15) is 9.18 Å². The topological polar surface area (TPSA) is 78.4 Å². The van der Waals surface area contributed by atoms with Gasteiger partial charge in [0, 0.05) is 5.69 Å². The molecule has 0 bridgehead atoms. The monoisotopic (exact) mass is 358 g/mol. The van der Waals surface area contributed by atoms with E-state index in [2.05, 4.69) is 22.8 Å². The third-order valence-corrected chi connectivity index (χ3v) is 4.37. The zero-order chi connectivity index (χ0) is 18.8. The summed E-state index contributed by atoms with van der Waals surface area (Å²) in [6, 6.07) is 13.6. The number of carbonyl (C=O) groups is 2. The summed E-state index contributed by atoms with van der Waals surface area (Å²) in [5, 5.41) is 12.1. The standard InChI is InChI=1S/C19H21FN2O.CH2O2/c20-17-8-4-5-9-18(17)22-19(23)21-16-12-10-15(11-13-16)14-6-2-1-3-7-14;2-1-3/h4-5,8-14H,1-3,6-7H2,(H2,21,22,23);1H,(H,2,3). The Bertz CT molecular complexity index is 713. The molecular weight excluding hydrogens is 335 g/mol. The molecular formula is C20H23FN2O3. The van der Waals surface area contributed by atoms with Crippen molar-refractivity contribution in [3.63, 3.8) is 0 Å². The van der Waals surface area contributed by atoms with Gasteiger partial charge in [-0.1, -0.05) is 43.5 Å². The minimum atomic E-state index is -0.449. The summed E-state index contributed by atoms with van der Waals surface area (Å²) >= 11 is 0. The second kappa shape index (κ2) is 10.2. The van der Waals surface area contributed by atoms with E-state index in [1.165, 1.54) is 49.8 Å². The van der Waals surface area contributed by atoms with Gasteiger partial charge in [0.2, 0.25) is 0 Å². The Morgan fingerprint density at radius 2 is 1.62 bits per heavy atom. The zero-order valence-electron chi connectivity index (χ0n) is 14.5. The van der Waals surface area contributed by atoms with E-state index < -0.39 is 11.8 Å². The molecule has 3 rings (SSSR count). The molecule has 2 amide bonds. The number of amides is 2. The number of benzene rings is 2. The third-order valence-electron chi connectivity index (χ3n) is 4.37. The smallest absolute Gasteiger partial charge is 0.323 e. The number of carboxylic acid groups (broad SMARTS) is 1. The van der Waals surface area contributed by atoms with Crippen molar-refractivity contribution in [1.82, 2.24) is 0 Å². The van der Waals surface area contributed by atoms with Crippen LogP contribution >= 0.6 is 0 Å². The van der Waals surface area contributed by atoms with E-state index in [1.54, 1.807) is 12.1 Å². The van der Waals surface area contributed by atoms with E-state index in [1.807, 2.05) is 12.1 Å². The van der Waals surface area contributed by atoms with Gasteiger partial charge in [0.05, 0.1) is 5.69 Å². The van der Waals surface area contributed by atoms with Crippen LogP contribution in [-0.2, 0) is 4.79 Å². The van der Waals surface area contributed by atoms with Crippen molar-refractivity contribution in [1.29, 1.82) is 0 Å². The predicted octanol–water partition coefficient (Wildman–Crippen LogP) is 5.22. The Kier molecular flexibility index (Phi) is 7.61. The van der Waals surface area contributed by atoms with Gasteiger partial charge < -0.3 is 15.7 Å². The van der Waals surface area contributed by atoms with Gasteiger partial charge in [-0.3, -0.25) is 4.79 Å². The van der Waals surface area contributed by atoms with Gasteiger partial charge in [0.25, 0.3) is 6.47 Å². The molecule has 0 unspecified atom stereocenters. The summed E-state index contributed by atoms with van der Waals surface area (Å²) in [6.07, 6.45) is 6.44. The molecule has 2 aromatic carbocycles. The van der Waals surface area contributed by atoms with Gasteiger partial charge in [-0.2, -0.15) is 0 Å². The Labute approximate surface area is 152 Å². The second-order valence-corrected chi connectivity index (χ2v) is 6.12. The number of hydrogen-bond acceptors (Lipinski definition) is 2. The van der Waals surface area contributed by atoms with Crippen molar-refractivity contribution in [3.05, 3.63) is 59.9 Å². The summed E-state index contributed by atoms with van der Waals surface area (Å²) in [5.74, 6) is 0.195. The molecule has 0 atom stereocenters. The van der Waals surface area contributed by atoms with Crippen LogP contribution in [0.5, 0.6) is 0 Å². The van der Waals surface area contributed by atoms with Crippen molar-refractivity contribution in [2.75, 3.05) is 10.6 Å². The first-order chi connectivity index (χ1) is 12.6. The van der Waals surface area contributed by atoms with Crippen molar-refractivity contribution in [2.45, 2.75) is 38.0 Å². The normalized spacial score (nSPS) is 13.9. The van der Waals surface area contributed by atoms with Crippen LogP contribution < -0.4 is 10.6 Å². The SMILES string of the molecule is O=C(Nc1ccc(C2CCCCC2)cc1)Nc1ccccc1F.O=CO. The van der Waals surface area contributed by atoms with Gasteiger partial charge in [0.1, 0.15) is 5.82 Å². The highest BCUT2D eigenvalue weighted by Crippen LogP contribution is 2.32. The average molecular weight is 358 g/mol. The largest absolute Gasteiger partial charge is 0.483 e. The van der Waals surface area contributed by atoms with E-state index in [0.717, 1.165) is 0 Å². The van der Waals surface area contributed by atoms with Crippen molar-refractivity contribution < 1.29 is 19.1 Å². The molecule has 1 saturated carbocycles. The van der Waals surface area contributed by atoms with E-state index in [-0.39, 0.29) is 12.2 Å². The number of para-hydroxylation sites is 1. The molecule has 1 aliphatic carbocycles. The number of urea groups is 1. The van der Waals surface area contributed by atoms with Crippen LogP contribution in [0, 0.1) is 5.82 Å². The maximum Gasteiger partial charge on any atom is 0.323 e. The number of nitrogens with one attached hydrogen (secondary N) is 2. The number of carbonyl (C=O) groups excluding carboxylic acids is 1. The Morgan fingerprint density at radius 1 is 1.00 bits per heavy atom. The fraction of sp³-hybridized carbons (Fsp3) is 0.300. The second-order valence-electron chi connectivity index (χ2n) is 6.12. The highest BCUT2D eigenvalue weighted by molar-refractivity contribution is 5.99. The molecule has 3 N–H and O–H groups in total. The van der Waals surface area contributed by atoms with Crippen LogP contribution in [0.25, 0.3) is 0 Å². The minimum absolute atomic E-state index is 0.170. The lowest BCUT2D eigenvalue weighted by atomic mass is 9.84. The summed E-state index contributed by atoms with van der Waals surface area (Å²) < 4.78 is 13.5. The predicted molar refractivity (Wildman–Crippen MR) is 100 cm³/mol. The molecule has 138 valence electrons. The molecule has 1 fully saturated rings. The molecule has 26 heavy (non-hydrogen) atoms. The van der Waals surface area contributed by atoms with Crippen LogP contribution in [0.2, 0.25) is 0 Å². The summed E-state index contributed by atoms with van der Waals surface area (Å²) in [7, 11) is 0. The zero-order valence-corrected chi connectivity index (χ0v) is 14.5. The molecule has 0 saturated heterocycles. The summed E-state index contributed by atoms with van der Waals surface area (Å²) in [5.41, 5.74) is 2.21. The molecule has 0 aliphatic heterocycles. The van der Waals surface area contributed by atoms with E-state index in [0.29, 0.717) is 11.6 Å². The first-order valence-electron chi connectivity index (χ1n) is 8.64. The number of rotatable bonds is 3. The fourth-order valence-electron chi connectivity index (χ4n) is 3.12. The van der Waals surface area contributed by atoms with Crippen LogP contribution in [-0.4, -0.2) is 17.6 Å². The van der Waals surface area contributed by atoms with E-state index >= 15 is 0 Å². The highest BCUT2D eigenvalue weighted by Gasteiger charge is 2.15. The molecule has 0 aromatic heterocycles. The third kappa shape index (κ3) is 5.88. The molecule has 5 nitrogen and oxygen atoms in total. The number of anilines is 2. The lowest BCUT2D eigenvalue weighted by Gasteiger charge is -2.22. The molecule has 6 heteroatoms. The minimum Gasteiger partial charge on any atom is -0.483 e. The fourth-order valence-corrected chi connectivity index (χ4v) is 3.12. The van der Waals surface area contributed by atoms with Gasteiger partial charge in [-0.25, -0.2) is 9.18 Å². The van der Waals surface area contributed by atoms with Gasteiger partial charge in [-0.15, -0.1) is 0 Å². The summed E-state index contributed by atoms with van der Waals surface area (Å²) in [6.45, 7) is -0.250. The first-order valence-corrected chi connectivity index (χ1v) is 8.64. The van der Waals surface area contributed by atoms with E-state index in [4.69, 9.17) is 9.90 Å². The average Bonchev–Trinajstić information content (AvgIpc) is 2.66. The highest BCUT2D eigenvalue weighted by atomic mass is 19.1. The number of hydrogen-bond donors (Lipinski definition) is 3. The van der Waals surface area contributed by atoms with Crippen LogP contribution in [0.15, 0.2) is 48.5 Å². The molecule has 0 radical (unpaired) electrons. The van der Waals surface area contributed by atoms with Crippen LogP contribution in [0.4, 0.5) is 20.6 Å².